The van der Waals surface area contributed by atoms with Gasteiger partial charge < -0.3 is 14.6 Å². The summed E-state index contributed by atoms with van der Waals surface area (Å²) in [5, 5.41) is 13.8. The van der Waals surface area contributed by atoms with Gasteiger partial charge in [0.2, 0.25) is 0 Å². The maximum absolute atomic E-state index is 13.1. The van der Waals surface area contributed by atoms with Crippen molar-refractivity contribution in [3.8, 4) is 0 Å². The number of Topliss-reactive ketones (excluding diaryl/α,β-unsaturated/α-hetero) is 1. The summed E-state index contributed by atoms with van der Waals surface area (Å²) in [7, 11) is 0. The van der Waals surface area contributed by atoms with Gasteiger partial charge in [-0.1, -0.05) is 26.3 Å². The highest BCUT2D eigenvalue weighted by Crippen LogP contribution is 2.45. The lowest BCUT2D eigenvalue weighted by atomic mass is 9.76. The molecular formula is C27H39NO5S. The summed E-state index contributed by atoms with van der Waals surface area (Å²) in [6, 6.07) is 0. The zero-order valence-corrected chi connectivity index (χ0v) is 22.3. The number of aliphatic hydroxyl groups is 1. The maximum atomic E-state index is 13.1. The summed E-state index contributed by atoms with van der Waals surface area (Å²) in [5.41, 5.74) is 0.606. The van der Waals surface area contributed by atoms with Crippen LogP contribution in [0.25, 0.3) is 6.08 Å². The number of fused-ring (bicyclic) bond motifs is 1. The molecule has 3 heterocycles. The Bertz CT molecular complexity index is 964. The van der Waals surface area contributed by atoms with Gasteiger partial charge in [-0.25, -0.2) is 9.78 Å². The van der Waals surface area contributed by atoms with Crippen molar-refractivity contribution in [3.63, 3.8) is 0 Å². The minimum absolute atomic E-state index is 0.000113. The van der Waals surface area contributed by atoms with Crippen molar-refractivity contribution in [1.82, 2.24) is 4.98 Å². The van der Waals surface area contributed by atoms with Gasteiger partial charge in [-0.15, -0.1) is 11.3 Å². The molecule has 0 aromatic carbocycles. The van der Waals surface area contributed by atoms with Gasteiger partial charge in [-0.2, -0.15) is 0 Å². The van der Waals surface area contributed by atoms with Gasteiger partial charge in [0.25, 0.3) is 0 Å². The first-order valence-corrected chi connectivity index (χ1v) is 13.1. The molecule has 0 saturated carbocycles. The summed E-state index contributed by atoms with van der Waals surface area (Å²) in [5.74, 6) is -1.12. The summed E-state index contributed by atoms with van der Waals surface area (Å²) in [6.07, 6.45) is 6.86. The quantitative estimate of drug-likeness (QED) is 0.449. The molecule has 6 atom stereocenters. The third-order valence-corrected chi connectivity index (χ3v) is 8.15. The number of epoxide rings is 1. The van der Waals surface area contributed by atoms with Crippen LogP contribution in [0.5, 0.6) is 0 Å². The number of aliphatic hydroxyl groups excluding tert-OH is 1. The number of hydrogen-bond acceptors (Lipinski definition) is 7. The predicted molar refractivity (Wildman–Crippen MR) is 134 cm³/mol. The zero-order chi connectivity index (χ0) is 25.3. The van der Waals surface area contributed by atoms with Crippen LogP contribution in [-0.2, 0) is 19.1 Å². The second-order valence-electron chi connectivity index (χ2n) is 10.8. The van der Waals surface area contributed by atoms with Crippen LogP contribution in [0.3, 0.4) is 0 Å². The number of thiazole rings is 1. The fraction of sp³-hybridized carbons (Fsp3) is 0.667. The second-order valence-corrected chi connectivity index (χ2v) is 11.9. The lowest BCUT2D eigenvalue weighted by Crippen LogP contribution is -2.38. The van der Waals surface area contributed by atoms with E-state index in [2.05, 4.69) is 11.9 Å². The summed E-state index contributed by atoms with van der Waals surface area (Å²) >= 11 is 1.58. The summed E-state index contributed by atoms with van der Waals surface area (Å²) < 4.78 is 11.9. The Morgan fingerprint density at radius 2 is 1.97 bits per heavy atom. The first-order chi connectivity index (χ1) is 15.8. The van der Waals surface area contributed by atoms with Gasteiger partial charge in [0, 0.05) is 29.2 Å². The molecule has 0 aliphatic carbocycles. The molecule has 34 heavy (non-hydrogen) atoms. The van der Waals surface area contributed by atoms with Crippen molar-refractivity contribution < 1.29 is 24.2 Å². The Hall–Kier alpha value is -1.83. The van der Waals surface area contributed by atoms with Crippen LogP contribution in [0.15, 0.2) is 23.1 Å². The van der Waals surface area contributed by atoms with E-state index in [0.29, 0.717) is 6.42 Å². The summed E-state index contributed by atoms with van der Waals surface area (Å²) in [6.45, 7) is 13.3. The number of aromatic nitrogens is 1. The molecule has 0 bridgehead atoms. The number of cyclic esters (lactones) is 1. The molecule has 6 nitrogen and oxygen atoms in total. The van der Waals surface area contributed by atoms with Crippen LogP contribution in [0.4, 0.5) is 0 Å². The topological polar surface area (TPSA) is 89.0 Å². The number of carbonyl (C=O) groups excluding carboxylic acids is 2. The Morgan fingerprint density at radius 3 is 2.62 bits per heavy atom. The third-order valence-electron chi connectivity index (χ3n) is 7.35. The lowest BCUT2D eigenvalue weighted by Gasteiger charge is -2.30. The van der Waals surface area contributed by atoms with Crippen molar-refractivity contribution in [2.45, 2.75) is 98.1 Å². The monoisotopic (exact) mass is 489 g/mol. The average molecular weight is 490 g/mol. The number of hydrogen-bond donors (Lipinski definition) is 1. The van der Waals surface area contributed by atoms with Gasteiger partial charge in [-0.3, -0.25) is 4.79 Å². The molecule has 1 aromatic rings. The number of carbonyl (C=O) groups is 2. The third kappa shape index (κ3) is 6.43. The Labute approximate surface area is 207 Å². The van der Waals surface area contributed by atoms with E-state index in [-0.39, 0.29) is 23.4 Å². The largest absolute Gasteiger partial charge is 0.455 e. The molecule has 2 aliphatic rings. The normalized spacial score (nSPS) is 35.5. The molecule has 7 heteroatoms. The molecule has 0 unspecified atom stereocenters. The highest BCUT2D eigenvalue weighted by molar-refractivity contribution is 7.09. The minimum Gasteiger partial charge on any atom is -0.455 e. The van der Waals surface area contributed by atoms with Crippen LogP contribution in [0, 0.1) is 24.2 Å². The number of ketones is 1. The molecular weight excluding hydrogens is 450 g/mol. The van der Waals surface area contributed by atoms with Crippen LogP contribution < -0.4 is 0 Å². The molecule has 1 aromatic heterocycles. The van der Waals surface area contributed by atoms with E-state index in [9.17, 15) is 14.7 Å². The van der Waals surface area contributed by atoms with Crippen LogP contribution in [0.2, 0.25) is 0 Å². The maximum Gasteiger partial charge on any atom is 0.331 e. The molecule has 1 N–H and O–H groups in total. The molecule has 1 saturated heterocycles. The minimum atomic E-state index is -0.896. The molecule has 0 radical (unpaired) electrons. The molecule has 3 rings (SSSR count). The van der Waals surface area contributed by atoms with Crippen LogP contribution in [0.1, 0.15) is 77.9 Å². The number of allylic oxidation sites excluding steroid dienone is 1. The number of aryl methyl sites for hydroxylation is 1. The van der Waals surface area contributed by atoms with Crippen LogP contribution in [-0.4, -0.2) is 45.8 Å². The number of nitrogens with zero attached hydrogens (tertiary/aromatic N) is 1. The van der Waals surface area contributed by atoms with Crippen LogP contribution >= 0.6 is 11.3 Å². The SMILES string of the molecule is CC(=Cc1csc(C)n1)[C@H]1C[C@@H]2O[C@@]2(C)CCC[C@@H](C)[C@H](O)[C@H](C)C(=O)C(C)(C)C=CC(=O)O1. The van der Waals surface area contributed by atoms with Crippen molar-refractivity contribution in [2.75, 3.05) is 0 Å². The van der Waals surface area contributed by atoms with Gasteiger partial charge >= 0.3 is 5.97 Å². The Kier molecular flexibility index (Phi) is 8.21. The summed E-state index contributed by atoms with van der Waals surface area (Å²) in [4.78, 5) is 30.4. The average Bonchev–Trinajstić information content (AvgIpc) is 3.21. The first-order valence-electron chi connectivity index (χ1n) is 12.2. The molecule has 2 aliphatic heterocycles. The van der Waals surface area contributed by atoms with Crippen molar-refractivity contribution in [2.24, 2.45) is 17.3 Å². The second kappa shape index (κ2) is 10.4. The number of esters is 1. The standard InChI is InChI=1S/C27H39NO5S/c1-16-9-8-11-27(7)22(33-27)14-21(17(2)13-20-15-34-19(4)28-20)32-23(29)10-12-26(5,6)25(31)18(3)24(16)30/h10,12-13,15-16,18,21-22,24,30H,8-9,11,14H2,1-7H3/t16-,18+,21-,22+,24+,27+/m1/s1. The van der Waals surface area contributed by atoms with Gasteiger partial charge in [0.15, 0.2) is 0 Å². The van der Waals surface area contributed by atoms with Gasteiger partial charge in [0.1, 0.15) is 11.9 Å². The van der Waals surface area contributed by atoms with E-state index in [0.717, 1.165) is 35.5 Å². The predicted octanol–water partition coefficient (Wildman–Crippen LogP) is 5.28. The fourth-order valence-corrected chi connectivity index (χ4v) is 5.39. The van der Waals surface area contributed by atoms with E-state index in [1.807, 2.05) is 32.2 Å². The highest BCUT2D eigenvalue weighted by Gasteiger charge is 2.52. The molecule has 1 fully saturated rings. The lowest BCUT2D eigenvalue weighted by molar-refractivity contribution is -0.141. The zero-order valence-electron chi connectivity index (χ0n) is 21.5. The van der Waals surface area contributed by atoms with E-state index in [4.69, 9.17) is 9.47 Å². The molecule has 0 spiro atoms. The molecule has 0 amide bonds. The van der Waals surface area contributed by atoms with Crippen molar-refractivity contribution in [1.29, 1.82) is 0 Å². The van der Waals surface area contributed by atoms with E-state index < -0.39 is 29.5 Å². The molecule has 188 valence electrons. The van der Waals surface area contributed by atoms with E-state index in [1.165, 1.54) is 6.08 Å². The van der Waals surface area contributed by atoms with Gasteiger partial charge in [-0.05, 0) is 65.0 Å². The number of ether oxygens (including phenoxy) is 2. The first kappa shape index (κ1) is 26.8. The van der Waals surface area contributed by atoms with E-state index in [1.54, 1.807) is 38.2 Å². The van der Waals surface area contributed by atoms with Crippen molar-refractivity contribution in [3.05, 3.63) is 33.8 Å². The Balaban J connectivity index is 1.86. The number of rotatable bonds is 2. The van der Waals surface area contributed by atoms with Gasteiger partial charge in [0.05, 0.1) is 28.5 Å². The Morgan fingerprint density at radius 1 is 1.26 bits per heavy atom. The fourth-order valence-electron chi connectivity index (χ4n) is 4.82. The van der Waals surface area contributed by atoms with E-state index >= 15 is 0 Å². The smallest absolute Gasteiger partial charge is 0.331 e. The van der Waals surface area contributed by atoms with Crippen molar-refractivity contribution >= 4 is 29.2 Å². The highest BCUT2D eigenvalue weighted by atomic mass is 32.1.